The second-order valence-corrected chi connectivity index (χ2v) is 28.1. The highest BCUT2D eigenvalue weighted by Crippen LogP contribution is 2.48. The van der Waals surface area contributed by atoms with Gasteiger partial charge in [0.1, 0.15) is 58.4 Å². The lowest BCUT2D eigenvalue weighted by atomic mass is 9.89. The Hall–Kier alpha value is -7.41. The highest BCUT2D eigenvalue weighted by atomic mass is 35.5. The molecule has 4 aliphatic heterocycles. The Bertz CT molecular complexity index is 3550. The van der Waals surface area contributed by atoms with Gasteiger partial charge in [-0.15, -0.1) is 0 Å². The number of nitrogens with zero attached hydrogens (tertiary/aromatic N) is 2. The summed E-state index contributed by atoms with van der Waals surface area (Å²) in [6, 6.07) is 24.0. The average molecular weight is 1390 g/mol. The lowest BCUT2D eigenvalue weighted by molar-refractivity contribution is -0.156. The van der Waals surface area contributed by atoms with Crippen molar-refractivity contribution in [3.05, 3.63) is 142 Å². The largest absolute Gasteiger partial charge is 0.464 e. The van der Waals surface area contributed by atoms with Gasteiger partial charge < -0.3 is 48.9 Å². The van der Waals surface area contributed by atoms with Gasteiger partial charge in [0.15, 0.2) is 0 Å². The molecule has 4 amide bonds. The van der Waals surface area contributed by atoms with Crippen LogP contribution in [-0.4, -0.2) is 105 Å². The smallest absolute Gasteiger partial charge is 0.404 e. The summed E-state index contributed by atoms with van der Waals surface area (Å²) in [5, 5.41) is 7.21. The summed E-state index contributed by atoms with van der Waals surface area (Å²) in [4.78, 5) is 109. The van der Waals surface area contributed by atoms with E-state index in [-0.39, 0.29) is 86.3 Å². The molecule has 21 heteroatoms. The number of carbonyl (C=O) groups is 8. The minimum atomic E-state index is -1.17. The molecule has 0 spiro atoms. The first-order chi connectivity index (χ1) is 46.8. The zero-order chi connectivity index (χ0) is 68.6. The Morgan fingerprint density at radius 3 is 1.43 bits per heavy atom. The number of nitrogens with one attached hydrogen (secondary N) is 2. The molecule has 8 atom stereocenters. The Kier molecular flexibility index (Phi) is 25.3. The van der Waals surface area contributed by atoms with E-state index in [0.717, 1.165) is 131 Å². The van der Waals surface area contributed by atoms with Crippen LogP contribution in [-0.2, 0) is 78.4 Å². The van der Waals surface area contributed by atoms with Gasteiger partial charge in [-0.25, -0.2) is 14.4 Å². The summed E-state index contributed by atoms with van der Waals surface area (Å²) in [5.41, 5.74) is 0.763. The van der Waals surface area contributed by atoms with E-state index in [1.54, 1.807) is 54.0 Å². The number of esters is 3. The lowest BCUT2D eigenvalue weighted by Crippen LogP contribution is -2.58. The zero-order valence-electron chi connectivity index (χ0n) is 55.8. The van der Waals surface area contributed by atoms with Crippen molar-refractivity contribution in [2.45, 2.75) is 217 Å². The molecular formula is C76H91Cl3N4O14. The Balaban J connectivity index is 0.000000188. The van der Waals surface area contributed by atoms with E-state index in [2.05, 4.69) is 22.8 Å². The van der Waals surface area contributed by atoms with Gasteiger partial charge in [-0.1, -0.05) is 104 Å². The van der Waals surface area contributed by atoms with Crippen molar-refractivity contribution in [3.63, 3.8) is 0 Å². The van der Waals surface area contributed by atoms with Crippen LogP contribution in [0.2, 0.25) is 10.0 Å². The molecular weight excluding hydrogens is 1300 g/mol. The maximum atomic E-state index is 14.5. The van der Waals surface area contributed by atoms with Crippen LogP contribution in [0.1, 0.15) is 178 Å². The Labute approximate surface area is 584 Å². The second-order valence-electron chi connectivity index (χ2n) is 26.9. The van der Waals surface area contributed by atoms with Gasteiger partial charge in [0.2, 0.25) is 23.6 Å². The van der Waals surface area contributed by atoms with Crippen molar-refractivity contribution < 1.29 is 66.8 Å². The molecule has 0 aromatic heterocycles. The fraction of sp³-hybridized carbons (Fsp3) is 0.526. The summed E-state index contributed by atoms with van der Waals surface area (Å²) in [7, 11) is 0. The number of allylic oxidation sites excluding steroid dienone is 2. The third-order valence-corrected chi connectivity index (χ3v) is 20.4. The second kappa shape index (κ2) is 33.9. The molecule has 4 saturated carbocycles. The predicted octanol–water partition coefficient (Wildman–Crippen LogP) is 15.1. The number of halogens is 3. The third-order valence-electron chi connectivity index (χ3n) is 19.9. The number of hydrogen-bond donors (Lipinski definition) is 2. The minimum Gasteiger partial charge on any atom is -0.464 e. The van der Waals surface area contributed by atoms with E-state index in [1.165, 1.54) is 0 Å². The topological polar surface area (TPSA) is 222 Å². The van der Waals surface area contributed by atoms with Crippen LogP contribution >= 0.6 is 34.8 Å². The monoisotopic (exact) mass is 1390 g/mol. The van der Waals surface area contributed by atoms with Crippen molar-refractivity contribution in [1.29, 1.82) is 0 Å². The number of carbonyl (C=O) groups excluding carboxylic acids is 8. The fourth-order valence-electron chi connectivity index (χ4n) is 14.3. The number of rotatable bonds is 12. The van der Waals surface area contributed by atoms with Crippen molar-refractivity contribution in [1.82, 2.24) is 20.4 Å². The van der Waals surface area contributed by atoms with E-state index in [0.29, 0.717) is 65.3 Å². The van der Waals surface area contributed by atoms with E-state index < -0.39 is 52.4 Å². The van der Waals surface area contributed by atoms with Crippen LogP contribution in [0.4, 0.5) is 4.79 Å². The number of fused-ring (bicyclic) bond motifs is 6. The van der Waals surface area contributed by atoms with Crippen LogP contribution in [0.5, 0.6) is 23.0 Å². The first-order valence-corrected chi connectivity index (χ1v) is 36.1. The number of ether oxygens (including phenoxy) is 6. The highest BCUT2D eigenvalue weighted by Gasteiger charge is 2.63. The average Bonchev–Trinajstić information content (AvgIpc) is 1.61. The molecule has 97 heavy (non-hydrogen) atoms. The summed E-state index contributed by atoms with van der Waals surface area (Å²) < 4.78 is 33.5. The van der Waals surface area contributed by atoms with Crippen molar-refractivity contribution in [2.75, 3.05) is 13.2 Å². The van der Waals surface area contributed by atoms with Crippen LogP contribution in [0.25, 0.3) is 0 Å². The summed E-state index contributed by atoms with van der Waals surface area (Å²) in [6.07, 6.45) is 26.5. The van der Waals surface area contributed by atoms with Gasteiger partial charge in [-0.05, 0) is 199 Å². The van der Waals surface area contributed by atoms with Crippen molar-refractivity contribution in [2.24, 2.45) is 23.7 Å². The molecule has 4 aromatic carbocycles. The molecule has 0 bridgehead atoms. The van der Waals surface area contributed by atoms with E-state index >= 15 is 0 Å². The molecule has 0 saturated heterocycles. The van der Waals surface area contributed by atoms with Gasteiger partial charge in [-0.3, -0.25) is 24.0 Å². The minimum absolute atomic E-state index is 0.0197. The SMILES string of the molecule is CCOC(=O)[C@@]12C[C@H]1/C=C\CCCCC[C@H](C)C(=O)N1Cc3ccc(Oc4cccc(Cl)c4)cc3CC1C(=O)N2.CCOC(=O)[C@@]12C[C@H]1/C=C\CCCCC[C@H](CC(=O)OC1CCCC1)C(=O)N1Cc3ccc(Oc4cccc(Cl)c4)cc3CC1C(=O)N2.O=C(Cl)OC1CCCC1. The van der Waals surface area contributed by atoms with Gasteiger partial charge in [0, 0.05) is 71.2 Å². The first kappa shape index (κ1) is 72.3. The molecule has 4 aliphatic carbocycles. The molecule has 520 valence electrons. The van der Waals surface area contributed by atoms with Gasteiger partial charge in [0.05, 0.1) is 19.6 Å². The quantitative estimate of drug-likeness (QED) is 0.0583. The van der Waals surface area contributed by atoms with Crippen LogP contribution in [0.3, 0.4) is 0 Å². The molecule has 2 unspecified atom stereocenters. The molecule has 2 N–H and O–H groups in total. The van der Waals surface area contributed by atoms with Crippen LogP contribution in [0, 0.1) is 23.7 Å². The number of amides is 4. The summed E-state index contributed by atoms with van der Waals surface area (Å²) in [5.74, 6) is -0.954. The predicted molar refractivity (Wildman–Crippen MR) is 368 cm³/mol. The van der Waals surface area contributed by atoms with E-state index in [9.17, 15) is 38.4 Å². The number of hydrogen-bond acceptors (Lipinski definition) is 14. The van der Waals surface area contributed by atoms with E-state index in [4.69, 9.17) is 63.2 Å². The fourth-order valence-corrected chi connectivity index (χ4v) is 14.8. The van der Waals surface area contributed by atoms with Crippen LogP contribution in [0.15, 0.2) is 109 Å². The first-order valence-electron chi connectivity index (χ1n) is 34.9. The van der Waals surface area contributed by atoms with Gasteiger partial charge in [0.25, 0.3) is 0 Å². The summed E-state index contributed by atoms with van der Waals surface area (Å²) >= 11 is 17.3. The van der Waals surface area contributed by atoms with Crippen molar-refractivity contribution >= 4 is 81.8 Å². The van der Waals surface area contributed by atoms with Crippen LogP contribution < -0.4 is 20.1 Å². The molecule has 8 aliphatic rings. The normalized spacial score (nSPS) is 26.5. The molecule has 4 fully saturated rings. The molecule has 4 aromatic rings. The standard InChI is InChI=1S/C38H45ClN2O7.C32H37ClN2O5.C6H9ClO2/c1-2-46-37(45)38-23-28(38)12-7-5-3-4-6-11-25(21-34(42)48-30-14-8-9-15-30)36(44)41-24-26-17-18-32(47-31-16-10-13-29(39)22-31)19-27(26)20-33(41)35(43)40-38;1-3-39-31(38)32-19-24(32)11-8-6-4-5-7-10-21(2)30(37)35-20-22-14-15-27(40-26-13-9-12-25(33)18-26)16-23(22)17-28(35)29(36)34-32;7-6(8)9-5-3-1-2-4-5/h7,10,12-13,16-19,22,25,28,30,33H,2-6,8-9,11,14-15,20-21,23-24H2,1H3,(H,40,43);8-9,11-16,18,21,24,28H,3-7,10,17,19-20H2,1-2H3,(H,34,36);5H,1-4H2/b12-7-;11-8-;/t25-,28-,33?,38-;21-,24+,28?,32+;/m10./s1. The van der Waals surface area contributed by atoms with Crippen molar-refractivity contribution in [3.8, 4) is 23.0 Å². The maximum absolute atomic E-state index is 14.5. The summed E-state index contributed by atoms with van der Waals surface area (Å²) in [6.45, 7) is 6.40. The third kappa shape index (κ3) is 19.1. The van der Waals surface area contributed by atoms with E-state index in [1.807, 2.05) is 73.7 Å². The van der Waals surface area contributed by atoms with Gasteiger partial charge in [-0.2, -0.15) is 0 Å². The lowest BCUT2D eigenvalue weighted by Gasteiger charge is -2.38. The zero-order valence-corrected chi connectivity index (χ0v) is 58.1. The Morgan fingerprint density at radius 2 is 0.969 bits per heavy atom. The molecule has 12 rings (SSSR count). The highest BCUT2D eigenvalue weighted by molar-refractivity contribution is 6.61. The molecule has 18 nitrogen and oxygen atoms in total. The van der Waals surface area contributed by atoms with Gasteiger partial charge >= 0.3 is 23.3 Å². The Morgan fingerprint density at radius 1 is 0.526 bits per heavy atom. The maximum Gasteiger partial charge on any atom is 0.404 e. The molecule has 0 radical (unpaired) electrons. The number of benzene rings is 4. The molecule has 4 heterocycles.